The Morgan fingerprint density at radius 1 is 1.03 bits per heavy atom. The van der Waals surface area contributed by atoms with Crippen LogP contribution in [0.5, 0.6) is 0 Å². The van der Waals surface area contributed by atoms with Gasteiger partial charge in [-0.1, -0.05) is 32.4 Å². The standard InChI is InChI=1S/C23H29ClF6N6O2Si/c1-21(2,3)39(4,5)38-17(23(28,29)30)12-35-19(15-6-8-16(24)9-7-15)33-36(20(35)37)13-18-31-14-34(32-18)11-10-22(25,26)27/h6-9,14,17H,10-13H2,1-5H3/t17-/m0/s1. The van der Waals surface area contributed by atoms with Gasteiger partial charge in [-0.25, -0.2) is 14.5 Å². The van der Waals surface area contributed by atoms with Crippen molar-refractivity contribution in [2.75, 3.05) is 0 Å². The normalized spacial score (nSPS) is 14.2. The van der Waals surface area contributed by atoms with Gasteiger partial charge in [0.05, 0.1) is 19.5 Å². The summed E-state index contributed by atoms with van der Waals surface area (Å²) >= 11 is 5.95. The molecule has 216 valence electrons. The molecule has 0 amide bonds. The molecule has 16 heteroatoms. The zero-order chi connectivity index (χ0) is 29.4. The monoisotopic (exact) mass is 598 g/mol. The summed E-state index contributed by atoms with van der Waals surface area (Å²) in [6, 6.07) is 6.02. The first kappa shape index (κ1) is 30.9. The molecule has 1 atom stereocenters. The largest absolute Gasteiger partial charge is 0.415 e. The summed E-state index contributed by atoms with van der Waals surface area (Å²) in [7, 11) is -2.91. The molecule has 0 fully saturated rings. The van der Waals surface area contributed by atoms with Crippen LogP contribution in [0.25, 0.3) is 11.4 Å². The Morgan fingerprint density at radius 3 is 2.18 bits per heavy atom. The fourth-order valence-corrected chi connectivity index (χ4v) is 4.71. The van der Waals surface area contributed by atoms with Gasteiger partial charge in [-0.2, -0.15) is 31.4 Å². The van der Waals surface area contributed by atoms with Crippen LogP contribution in [0.3, 0.4) is 0 Å². The van der Waals surface area contributed by atoms with Crippen LogP contribution in [0.2, 0.25) is 23.2 Å². The highest BCUT2D eigenvalue weighted by Crippen LogP contribution is 2.40. The third-order valence-corrected chi connectivity index (χ3v) is 11.2. The predicted molar refractivity (Wildman–Crippen MR) is 135 cm³/mol. The average Bonchev–Trinajstić information content (AvgIpc) is 3.35. The fraction of sp³-hybridized carbons (Fsp3) is 0.565. The molecule has 0 bridgehead atoms. The topological polar surface area (TPSA) is 79.8 Å². The van der Waals surface area contributed by atoms with Crippen molar-refractivity contribution in [1.29, 1.82) is 0 Å². The quantitative estimate of drug-likeness (QED) is 0.226. The second-order valence-electron chi connectivity index (χ2n) is 10.6. The van der Waals surface area contributed by atoms with Gasteiger partial charge in [0, 0.05) is 10.6 Å². The van der Waals surface area contributed by atoms with Crippen molar-refractivity contribution >= 4 is 19.9 Å². The number of halogens is 7. The van der Waals surface area contributed by atoms with Crippen LogP contribution in [0.4, 0.5) is 26.3 Å². The minimum absolute atomic E-state index is 0.0310. The van der Waals surface area contributed by atoms with Gasteiger partial charge in [-0.3, -0.25) is 9.25 Å². The van der Waals surface area contributed by atoms with Crippen LogP contribution < -0.4 is 5.69 Å². The van der Waals surface area contributed by atoms with E-state index in [9.17, 15) is 31.1 Å². The lowest BCUT2D eigenvalue weighted by Crippen LogP contribution is -2.50. The van der Waals surface area contributed by atoms with Crippen LogP contribution in [-0.2, 0) is 24.1 Å². The van der Waals surface area contributed by atoms with Crippen LogP contribution in [0.15, 0.2) is 35.4 Å². The molecule has 39 heavy (non-hydrogen) atoms. The van der Waals surface area contributed by atoms with Crippen molar-refractivity contribution in [2.24, 2.45) is 0 Å². The molecule has 0 unspecified atom stereocenters. The van der Waals surface area contributed by atoms with Gasteiger partial charge in [0.15, 0.2) is 26.1 Å². The second kappa shape index (κ2) is 11.1. The molecule has 3 aromatic rings. The number of rotatable bonds is 9. The molecule has 3 rings (SSSR count). The highest BCUT2D eigenvalue weighted by atomic mass is 35.5. The van der Waals surface area contributed by atoms with E-state index in [0.29, 0.717) is 10.6 Å². The lowest BCUT2D eigenvalue weighted by atomic mass is 10.2. The molecule has 0 aliphatic carbocycles. The Bertz CT molecular complexity index is 1330. The average molecular weight is 599 g/mol. The van der Waals surface area contributed by atoms with Gasteiger partial charge < -0.3 is 4.43 Å². The number of nitrogens with zero attached hydrogens (tertiary/aromatic N) is 6. The lowest BCUT2D eigenvalue weighted by Gasteiger charge is -2.39. The van der Waals surface area contributed by atoms with Crippen LogP contribution >= 0.6 is 11.6 Å². The molecule has 0 radical (unpaired) electrons. The van der Waals surface area contributed by atoms with E-state index in [1.165, 1.54) is 24.3 Å². The number of aryl methyl sites for hydroxylation is 1. The highest BCUT2D eigenvalue weighted by Gasteiger charge is 2.48. The smallest absolute Gasteiger partial charge is 0.404 e. The summed E-state index contributed by atoms with van der Waals surface area (Å²) in [5.74, 6) is -0.0993. The van der Waals surface area contributed by atoms with Gasteiger partial charge in [0.1, 0.15) is 12.9 Å². The number of alkyl halides is 6. The van der Waals surface area contributed by atoms with Crippen LogP contribution in [0, 0.1) is 0 Å². The Kier molecular flexibility index (Phi) is 8.77. The van der Waals surface area contributed by atoms with E-state index in [2.05, 4.69) is 15.2 Å². The van der Waals surface area contributed by atoms with Crippen molar-refractivity contribution in [3.8, 4) is 11.4 Å². The molecule has 2 aromatic heterocycles. The minimum atomic E-state index is -4.78. The Hall–Kier alpha value is -2.65. The summed E-state index contributed by atoms with van der Waals surface area (Å²) in [5.41, 5.74) is -0.563. The number of aromatic nitrogens is 6. The Labute approximate surface area is 226 Å². The van der Waals surface area contributed by atoms with Crippen molar-refractivity contribution in [3.05, 3.63) is 51.9 Å². The van der Waals surface area contributed by atoms with Gasteiger partial charge in [0.25, 0.3) is 0 Å². The van der Waals surface area contributed by atoms with Gasteiger partial charge in [-0.15, -0.1) is 5.10 Å². The van der Waals surface area contributed by atoms with Gasteiger partial charge in [-0.05, 0) is 42.4 Å². The maximum atomic E-state index is 14.2. The first-order chi connectivity index (χ1) is 17.8. The van der Waals surface area contributed by atoms with E-state index in [1.807, 2.05) is 0 Å². The number of hydrogen-bond donors (Lipinski definition) is 0. The zero-order valence-corrected chi connectivity index (χ0v) is 23.7. The van der Waals surface area contributed by atoms with Crippen LogP contribution in [0.1, 0.15) is 33.0 Å². The van der Waals surface area contributed by atoms with E-state index in [-0.39, 0.29) is 18.2 Å². The SMILES string of the molecule is CC(C)(C)[Si](C)(C)O[C@@H](Cn1c(-c2ccc(Cl)cc2)nn(Cc2ncn(CCC(F)(F)F)n2)c1=O)C(F)(F)F. The fourth-order valence-electron chi connectivity index (χ4n) is 3.32. The van der Waals surface area contributed by atoms with Crippen molar-refractivity contribution in [2.45, 2.75) is 83.4 Å². The molecule has 0 saturated carbocycles. The third-order valence-electron chi connectivity index (χ3n) is 6.48. The van der Waals surface area contributed by atoms with Crippen molar-refractivity contribution in [3.63, 3.8) is 0 Å². The molecular weight excluding hydrogens is 570 g/mol. The molecular formula is C23H29ClF6N6O2Si. The summed E-state index contributed by atoms with van der Waals surface area (Å²) in [4.78, 5) is 17.2. The van der Waals surface area contributed by atoms with Crippen LogP contribution in [-0.4, -0.2) is 55.9 Å². The summed E-state index contributed by atoms with van der Waals surface area (Å²) in [5, 5.41) is 8.00. The van der Waals surface area contributed by atoms with Gasteiger partial charge >= 0.3 is 18.0 Å². The zero-order valence-electron chi connectivity index (χ0n) is 21.9. The molecule has 2 heterocycles. The third kappa shape index (κ3) is 7.94. The first-order valence-electron chi connectivity index (χ1n) is 11.9. The molecule has 0 N–H and O–H groups in total. The lowest BCUT2D eigenvalue weighted by molar-refractivity contribution is -0.202. The predicted octanol–water partition coefficient (Wildman–Crippen LogP) is 5.91. The molecule has 8 nitrogen and oxygen atoms in total. The molecule has 0 aliphatic heterocycles. The molecule has 1 aromatic carbocycles. The maximum Gasteiger partial charge on any atom is 0.415 e. The van der Waals surface area contributed by atoms with E-state index >= 15 is 0 Å². The Morgan fingerprint density at radius 2 is 1.64 bits per heavy atom. The van der Waals surface area contributed by atoms with Crippen molar-refractivity contribution < 1.29 is 30.8 Å². The van der Waals surface area contributed by atoms with E-state index < -0.39 is 57.0 Å². The number of benzene rings is 1. The first-order valence-corrected chi connectivity index (χ1v) is 15.2. The minimum Gasteiger partial charge on any atom is -0.404 e. The van der Waals surface area contributed by atoms with Crippen molar-refractivity contribution in [1.82, 2.24) is 29.1 Å². The Balaban J connectivity index is 2.00. The van der Waals surface area contributed by atoms with E-state index in [1.54, 1.807) is 33.9 Å². The number of hydrogen-bond acceptors (Lipinski definition) is 5. The molecule has 0 spiro atoms. The molecule has 0 aliphatic rings. The highest BCUT2D eigenvalue weighted by molar-refractivity contribution is 6.74. The summed E-state index contributed by atoms with van der Waals surface area (Å²) < 4.78 is 88.5. The van der Waals surface area contributed by atoms with E-state index in [4.69, 9.17) is 16.0 Å². The molecule has 0 saturated heterocycles. The van der Waals surface area contributed by atoms with Gasteiger partial charge in [0.2, 0.25) is 0 Å². The van der Waals surface area contributed by atoms with E-state index in [0.717, 1.165) is 20.3 Å². The second-order valence-corrected chi connectivity index (χ2v) is 15.8. The summed E-state index contributed by atoms with van der Waals surface area (Å²) in [6.07, 6.45) is -11.5. The summed E-state index contributed by atoms with van der Waals surface area (Å²) in [6.45, 7) is 7.06. The maximum absolute atomic E-state index is 14.2.